The summed E-state index contributed by atoms with van der Waals surface area (Å²) in [4.78, 5) is 14.4. The molecule has 1 aliphatic rings. The van der Waals surface area contributed by atoms with Crippen molar-refractivity contribution in [1.82, 2.24) is 0 Å². The van der Waals surface area contributed by atoms with E-state index in [1.54, 1.807) is 36.4 Å². The van der Waals surface area contributed by atoms with E-state index in [0.29, 0.717) is 17.9 Å². The summed E-state index contributed by atoms with van der Waals surface area (Å²) >= 11 is 1.10. The van der Waals surface area contributed by atoms with E-state index in [1.165, 1.54) is 0 Å². The fraction of sp³-hybridized carbons (Fsp3) is 0.0909. The van der Waals surface area contributed by atoms with Gasteiger partial charge in [-0.25, -0.2) is 0 Å². The summed E-state index contributed by atoms with van der Waals surface area (Å²) < 4.78 is 29.4. The van der Waals surface area contributed by atoms with Crippen LogP contribution in [0.25, 0.3) is 0 Å². The van der Waals surface area contributed by atoms with Gasteiger partial charge in [0.15, 0.2) is 5.17 Å². The zero-order valence-electron chi connectivity index (χ0n) is 15.9. The molecule has 1 aliphatic heterocycles. The molecular weight excluding hydrogens is 418 g/mol. The Morgan fingerprint density at radius 3 is 2.27 bits per heavy atom. The summed E-state index contributed by atoms with van der Waals surface area (Å²) in [5.41, 5.74) is 2.25. The highest BCUT2D eigenvalue weighted by Gasteiger charge is 2.31. The number of amides is 1. The number of anilines is 2. The molecule has 6 nitrogen and oxygen atoms in total. The number of nitrogens with one attached hydrogen (secondary N) is 1. The lowest BCUT2D eigenvalue weighted by molar-refractivity contribution is -0.113. The van der Waals surface area contributed by atoms with Crippen molar-refractivity contribution in [3.8, 4) is 0 Å². The van der Waals surface area contributed by atoms with Crippen LogP contribution in [0.15, 0.2) is 94.2 Å². The van der Waals surface area contributed by atoms with Gasteiger partial charge in [0.1, 0.15) is 4.90 Å². The number of hydrogen-bond acceptors (Lipinski definition) is 5. The maximum absolute atomic E-state index is 12.7. The van der Waals surface area contributed by atoms with Crippen molar-refractivity contribution in [3.05, 3.63) is 90.5 Å². The van der Waals surface area contributed by atoms with Crippen LogP contribution in [0, 0.1) is 0 Å². The van der Waals surface area contributed by atoms with Gasteiger partial charge in [0, 0.05) is 5.69 Å². The molecule has 1 N–H and O–H groups in total. The Morgan fingerprint density at radius 2 is 1.53 bits per heavy atom. The second kappa shape index (κ2) is 8.73. The maximum Gasteiger partial charge on any atom is 0.286 e. The van der Waals surface area contributed by atoms with Crippen molar-refractivity contribution >= 4 is 44.2 Å². The van der Waals surface area contributed by atoms with Crippen LogP contribution in [-0.4, -0.2) is 25.2 Å². The molecule has 0 aliphatic carbocycles. The third-order valence-electron chi connectivity index (χ3n) is 4.44. The van der Waals surface area contributed by atoms with E-state index in [2.05, 4.69) is 9.71 Å². The first kappa shape index (κ1) is 20.2. The average molecular weight is 438 g/mol. The van der Waals surface area contributed by atoms with Crippen LogP contribution in [-0.2, 0) is 21.4 Å². The number of thioether (sulfide) groups is 1. The molecule has 4 rings (SSSR count). The van der Waals surface area contributed by atoms with Gasteiger partial charge in [0.05, 0.1) is 18.0 Å². The number of carbonyl (C=O) groups is 1. The lowest BCUT2D eigenvalue weighted by Gasteiger charge is -2.30. The van der Waals surface area contributed by atoms with Crippen molar-refractivity contribution in [2.24, 2.45) is 4.40 Å². The number of para-hydroxylation sites is 2. The third-order valence-corrected chi connectivity index (χ3v) is 6.84. The lowest BCUT2D eigenvalue weighted by Crippen LogP contribution is -2.34. The van der Waals surface area contributed by atoms with Crippen molar-refractivity contribution in [2.75, 3.05) is 16.0 Å². The largest absolute Gasteiger partial charge is 0.325 e. The summed E-state index contributed by atoms with van der Waals surface area (Å²) in [6.07, 6.45) is 0. The zero-order chi connectivity index (χ0) is 21.0. The number of amidine groups is 1. The van der Waals surface area contributed by atoms with E-state index in [0.717, 1.165) is 17.3 Å². The average Bonchev–Trinajstić information content (AvgIpc) is 2.76. The van der Waals surface area contributed by atoms with Crippen molar-refractivity contribution < 1.29 is 13.2 Å². The standard InChI is InChI=1S/C22H19N3O3S2/c26-21(23-18-11-5-2-6-12-18)16-29-22-24-30(27,28)20-14-8-7-13-19(20)25(22)15-17-9-3-1-4-10-17/h1-14H,15-16H2,(H,23,26). The Morgan fingerprint density at radius 1 is 0.900 bits per heavy atom. The first-order valence-corrected chi connectivity index (χ1v) is 11.7. The van der Waals surface area contributed by atoms with Crippen LogP contribution in [0.1, 0.15) is 5.56 Å². The number of hydrogen-bond donors (Lipinski definition) is 1. The fourth-order valence-electron chi connectivity index (χ4n) is 3.07. The minimum Gasteiger partial charge on any atom is -0.325 e. The quantitative estimate of drug-likeness (QED) is 0.650. The van der Waals surface area contributed by atoms with Crippen LogP contribution in [0.4, 0.5) is 11.4 Å². The molecule has 0 atom stereocenters. The highest BCUT2D eigenvalue weighted by molar-refractivity contribution is 8.15. The molecule has 3 aromatic rings. The van der Waals surface area contributed by atoms with Gasteiger partial charge in [-0.05, 0) is 29.8 Å². The van der Waals surface area contributed by atoms with E-state index in [9.17, 15) is 13.2 Å². The molecule has 8 heteroatoms. The van der Waals surface area contributed by atoms with Gasteiger partial charge in [-0.15, -0.1) is 4.40 Å². The molecule has 1 heterocycles. The normalized spacial score (nSPS) is 14.5. The third kappa shape index (κ3) is 4.55. The summed E-state index contributed by atoms with van der Waals surface area (Å²) in [5.74, 6) is -0.193. The number of carbonyl (C=O) groups excluding carboxylic acids is 1. The molecule has 3 aromatic carbocycles. The molecule has 0 radical (unpaired) electrons. The number of benzene rings is 3. The minimum atomic E-state index is -3.83. The Bertz CT molecular complexity index is 1180. The molecule has 0 fully saturated rings. The fourth-order valence-corrected chi connectivity index (χ4v) is 5.33. The van der Waals surface area contributed by atoms with Gasteiger partial charge < -0.3 is 10.2 Å². The first-order chi connectivity index (χ1) is 14.5. The second-order valence-corrected chi connectivity index (χ2v) is 9.11. The Balaban J connectivity index is 1.59. The Kier molecular flexibility index (Phi) is 5.87. The molecule has 0 aromatic heterocycles. The summed E-state index contributed by atoms with van der Waals surface area (Å²) in [5, 5.41) is 3.08. The Labute approximate surface area is 179 Å². The monoisotopic (exact) mass is 437 g/mol. The van der Waals surface area contributed by atoms with Gasteiger partial charge in [0.2, 0.25) is 5.91 Å². The van der Waals surface area contributed by atoms with Crippen LogP contribution in [0.2, 0.25) is 0 Å². The predicted octanol–water partition coefficient (Wildman–Crippen LogP) is 4.12. The highest BCUT2D eigenvalue weighted by Crippen LogP contribution is 2.35. The molecule has 1 amide bonds. The van der Waals surface area contributed by atoms with E-state index >= 15 is 0 Å². The van der Waals surface area contributed by atoms with Gasteiger partial charge in [-0.1, -0.05) is 72.4 Å². The van der Waals surface area contributed by atoms with E-state index in [-0.39, 0.29) is 21.7 Å². The van der Waals surface area contributed by atoms with Crippen LogP contribution in [0.3, 0.4) is 0 Å². The summed E-state index contributed by atoms with van der Waals surface area (Å²) in [7, 11) is -3.83. The van der Waals surface area contributed by atoms with E-state index in [1.807, 2.05) is 53.4 Å². The molecule has 0 saturated carbocycles. The van der Waals surface area contributed by atoms with Gasteiger partial charge in [-0.2, -0.15) is 8.42 Å². The molecule has 0 bridgehead atoms. The SMILES string of the molecule is O=C(CSC1=NS(=O)(=O)c2ccccc2N1Cc1ccccc1)Nc1ccccc1. The maximum atomic E-state index is 12.7. The Hall–Kier alpha value is -3.10. The molecule has 0 spiro atoms. The van der Waals surface area contributed by atoms with E-state index in [4.69, 9.17) is 0 Å². The highest BCUT2D eigenvalue weighted by atomic mass is 32.2. The first-order valence-electron chi connectivity index (χ1n) is 9.26. The van der Waals surface area contributed by atoms with Crippen LogP contribution < -0.4 is 10.2 Å². The van der Waals surface area contributed by atoms with Gasteiger partial charge in [-0.3, -0.25) is 4.79 Å². The number of rotatable bonds is 5. The predicted molar refractivity (Wildman–Crippen MR) is 121 cm³/mol. The second-order valence-electron chi connectivity index (χ2n) is 6.59. The topological polar surface area (TPSA) is 78.8 Å². The van der Waals surface area contributed by atoms with Gasteiger partial charge >= 0.3 is 0 Å². The molecular formula is C22H19N3O3S2. The number of nitrogens with zero attached hydrogens (tertiary/aromatic N) is 2. The van der Waals surface area contributed by atoms with Crippen molar-refractivity contribution in [1.29, 1.82) is 0 Å². The number of sulfonamides is 1. The lowest BCUT2D eigenvalue weighted by atomic mass is 10.2. The smallest absolute Gasteiger partial charge is 0.286 e. The number of fused-ring (bicyclic) bond motifs is 1. The van der Waals surface area contributed by atoms with Crippen molar-refractivity contribution in [2.45, 2.75) is 11.4 Å². The van der Waals surface area contributed by atoms with Crippen LogP contribution >= 0.6 is 11.8 Å². The minimum absolute atomic E-state index is 0.0384. The van der Waals surface area contributed by atoms with Crippen molar-refractivity contribution in [3.63, 3.8) is 0 Å². The van der Waals surface area contributed by atoms with Crippen LogP contribution in [0.5, 0.6) is 0 Å². The molecule has 30 heavy (non-hydrogen) atoms. The zero-order valence-corrected chi connectivity index (χ0v) is 17.6. The van der Waals surface area contributed by atoms with E-state index < -0.39 is 10.0 Å². The van der Waals surface area contributed by atoms with Gasteiger partial charge in [0.25, 0.3) is 10.0 Å². The molecule has 0 unspecified atom stereocenters. The molecule has 152 valence electrons. The summed E-state index contributed by atoms with van der Waals surface area (Å²) in [6.45, 7) is 0.444. The molecule has 0 saturated heterocycles. The summed E-state index contributed by atoms with van der Waals surface area (Å²) in [6, 6.07) is 25.6.